The fraction of sp³-hybridized carbons (Fsp3) is 0.625. The molecule has 0 saturated carbocycles. The van der Waals surface area contributed by atoms with Gasteiger partial charge in [0.25, 0.3) is 0 Å². The van der Waals surface area contributed by atoms with Crippen LogP contribution in [0.1, 0.15) is 32.1 Å². The van der Waals surface area contributed by atoms with Crippen LogP contribution in [0, 0.1) is 0 Å². The molecule has 1 aliphatic heterocycles. The van der Waals surface area contributed by atoms with Crippen molar-refractivity contribution in [3.8, 4) is 0 Å². The van der Waals surface area contributed by atoms with Crippen LogP contribution in [0.15, 0.2) is 25.3 Å². The van der Waals surface area contributed by atoms with Crippen LogP contribution in [-0.4, -0.2) is 59.0 Å². The molecule has 0 aliphatic carbocycles. The molecule has 5 nitrogen and oxygen atoms in total. The lowest BCUT2D eigenvalue weighted by molar-refractivity contribution is -0.137. The number of carbonyl (C=O) groups excluding carboxylic acids is 1. The molecule has 1 heterocycles. The molecule has 1 unspecified atom stereocenters. The Bertz CT molecular complexity index is 372. The van der Waals surface area contributed by atoms with E-state index in [4.69, 9.17) is 5.11 Å². The third-order valence-electron chi connectivity index (χ3n) is 3.83. The number of carbonyl (C=O) groups is 2. The Morgan fingerprint density at radius 2 is 1.90 bits per heavy atom. The summed E-state index contributed by atoms with van der Waals surface area (Å²) >= 11 is 0. The molecule has 0 radical (unpaired) electrons. The molecule has 118 valence electrons. The third kappa shape index (κ3) is 6.12. The number of nitrogens with zero attached hydrogens (tertiary/aromatic N) is 2. The standard InChI is InChI=1S/C16H26N2O3/c1-3-10-17(11-4-2)15(19)13-18-12-6-5-7-14(18)8-9-16(20)21/h3-4,14H,1-2,5-13H2,(H,20,21). The molecule has 1 rings (SSSR count). The molecule has 1 N–H and O–H groups in total. The monoisotopic (exact) mass is 294 g/mol. The van der Waals surface area contributed by atoms with Crippen molar-refractivity contribution in [2.24, 2.45) is 0 Å². The lowest BCUT2D eigenvalue weighted by atomic mass is 9.98. The first-order valence-corrected chi connectivity index (χ1v) is 7.54. The van der Waals surface area contributed by atoms with Gasteiger partial charge in [0.1, 0.15) is 0 Å². The summed E-state index contributed by atoms with van der Waals surface area (Å²) in [5.41, 5.74) is 0. The molecule has 0 spiro atoms. The van der Waals surface area contributed by atoms with Gasteiger partial charge >= 0.3 is 5.97 Å². The van der Waals surface area contributed by atoms with Gasteiger partial charge in [-0.05, 0) is 25.8 Å². The van der Waals surface area contributed by atoms with Crippen LogP contribution in [0.4, 0.5) is 0 Å². The summed E-state index contributed by atoms with van der Waals surface area (Å²) in [4.78, 5) is 26.9. The second kappa shape index (κ2) is 9.34. The van der Waals surface area contributed by atoms with Gasteiger partial charge in [-0.1, -0.05) is 18.6 Å². The van der Waals surface area contributed by atoms with Crippen LogP contribution < -0.4 is 0 Å². The zero-order valence-corrected chi connectivity index (χ0v) is 12.7. The summed E-state index contributed by atoms with van der Waals surface area (Å²) in [7, 11) is 0. The Balaban J connectivity index is 2.58. The van der Waals surface area contributed by atoms with Gasteiger partial charge in [0, 0.05) is 25.6 Å². The molecule has 0 aromatic heterocycles. The average Bonchev–Trinajstić information content (AvgIpc) is 2.46. The lowest BCUT2D eigenvalue weighted by Gasteiger charge is -2.36. The van der Waals surface area contributed by atoms with Crippen molar-refractivity contribution in [3.63, 3.8) is 0 Å². The number of rotatable bonds is 9. The van der Waals surface area contributed by atoms with Crippen LogP contribution in [0.3, 0.4) is 0 Å². The van der Waals surface area contributed by atoms with E-state index in [1.165, 1.54) is 0 Å². The summed E-state index contributed by atoms with van der Waals surface area (Å²) in [6.45, 7) is 9.58. The number of carboxylic acid groups (broad SMARTS) is 1. The minimum atomic E-state index is -0.771. The highest BCUT2D eigenvalue weighted by molar-refractivity contribution is 5.78. The summed E-state index contributed by atoms with van der Waals surface area (Å²) in [6.07, 6.45) is 7.35. The number of likely N-dealkylation sites (tertiary alicyclic amines) is 1. The number of piperidine rings is 1. The van der Waals surface area contributed by atoms with E-state index in [1.807, 2.05) is 0 Å². The SMILES string of the molecule is C=CCN(CC=C)C(=O)CN1CCCCC1CCC(=O)O. The molecule has 1 amide bonds. The largest absolute Gasteiger partial charge is 0.481 e. The topological polar surface area (TPSA) is 60.9 Å². The molecule has 0 aromatic rings. The van der Waals surface area contributed by atoms with Gasteiger partial charge in [-0.3, -0.25) is 14.5 Å². The third-order valence-corrected chi connectivity index (χ3v) is 3.83. The number of carboxylic acids is 1. The van der Waals surface area contributed by atoms with Crippen molar-refractivity contribution in [2.45, 2.75) is 38.1 Å². The van der Waals surface area contributed by atoms with Crippen molar-refractivity contribution in [1.29, 1.82) is 0 Å². The van der Waals surface area contributed by atoms with Crippen LogP contribution >= 0.6 is 0 Å². The summed E-state index contributed by atoms with van der Waals surface area (Å²) in [5.74, 6) is -0.719. The van der Waals surface area contributed by atoms with Gasteiger partial charge in [0.15, 0.2) is 0 Å². The number of hydrogen-bond acceptors (Lipinski definition) is 3. The molecule has 5 heteroatoms. The molecule has 0 aromatic carbocycles. The van der Waals surface area contributed by atoms with E-state index in [1.54, 1.807) is 17.1 Å². The summed E-state index contributed by atoms with van der Waals surface area (Å²) < 4.78 is 0. The Morgan fingerprint density at radius 1 is 1.24 bits per heavy atom. The molecule has 1 aliphatic rings. The zero-order valence-electron chi connectivity index (χ0n) is 12.7. The van der Waals surface area contributed by atoms with Crippen molar-refractivity contribution >= 4 is 11.9 Å². The maximum absolute atomic E-state index is 12.3. The predicted octanol–water partition coefficient (Wildman–Crippen LogP) is 1.91. The van der Waals surface area contributed by atoms with Crippen LogP contribution in [-0.2, 0) is 9.59 Å². The van der Waals surface area contributed by atoms with Gasteiger partial charge in [0.05, 0.1) is 6.54 Å². The van der Waals surface area contributed by atoms with Crippen molar-refractivity contribution in [3.05, 3.63) is 25.3 Å². The average molecular weight is 294 g/mol. The Hall–Kier alpha value is -1.62. The van der Waals surface area contributed by atoms with Crippen LogP contribution in [0.5, 0.6) is 0 Å². The van der Waals surface area contributed by atoms with E-state index in [-0.39, 0.29) is 18.4 Å². The van der Waals surface area contributed by atoms with Crippen molar-refractivity contribution in [2.75, 3.05) is 26.2 Å². The maximum Gasteiger partial charge on any atom is 0.303 e. The number of hydrogen-bond donors (Lipinski definition) is 1. The van der Waals surface area contributed by atoms with Crippen molar-refractivity contribution in [1.82, 2.24) is 9.80 Å². The second-order valence-corrected chi connectivity index (χ2v) is 5.43. The molecule has 1 atom stereocenters. The van der Waals surface area contributed by atoms with Gasteiger partial charge in [-0.15, -0.1) is 13.2 Å². The highest BCUT2D eigenvalue weighted by Crippen LogP contribution is 2.20. The van der Waals surface area contributed by atoms with Gasteiger partial charge < -0.3 is 10.0 Å². The molecule has 1 saturated heterocycles. The van der Waals surface area contributed by atoms with E-state index < -0.39 is 5.97 Å². The van der Waals surface area contributed by atoms with E-state index in [0.29, 0.717) is 26.1 Å². The molecular formula is C16H26N2O3. The lowest BCUT2D eigenvalue weighted by Crippen LogP contribution is -2.47. The van der Waals surface area contributed by atoms with Crippen LogP contribution in [0.2, 0.25) is 0 Å². The highest BCUT2D eigenvalue weighted by atomic mass is 16.4. The summed E-state index contributed by atoms with van der Waals surface area (Å²) in [5, 5.41) is 8.82. The zero-order chi connectivity index (χ0) is 15.7. The first kappa shape index (κ1) is 17.4. The Labute approximate surface area is 126 Å². The fourth-order valence-electron chi connectivity index (χ4n) is 2.75. The quantitative estimate of drug-likeness (QED) is 0.660. The minimum Gasteiger partial charge on any atom is -0.481 e. The second-order valence-electron chi connectivity index (χ2n) is 5.43. The van der Waals surface area contributed by atoms with E-state index in [0.717, 1.165) is 25.8 Å². The molecule has 1 fully saturated rings. The van der Waals surface area contributed by atoms with Crippen LogP contribution in [0.25, 0.3) is 0 Å². The van der Waals surface area contributed by atoms with Gasteiger partial charge in [-0.25, -0.2) is 0 Å². The molecule has 0 bridgehead atoms. The highest BCUT2D eigenvalue weighted by Gasteiger charge is 2.26. The number of amides is 1. The molecular weight excluding hydrogens is 268 g/mol. The van der Waals surface area contributed by atoms with E-state index in [9.17, 15) is 9.59 Å². The predicted molar refractivity (Wildman–Crippen MR) is 83.1 cm³/mol. The first-order chi connectivity index (χ1) is 10.1. The normalized spacial score (nSPS) is 19.0. The summed E-state index contributed by atoms with van der Waals surface area (Å²) in [6, 6.07) is 0.202. The fourth-order valence-corrected chi connectivity index (χ4v) is 2.75. The van der Waals surface area contributed by atoms with Crippen molar-refractivity contribution < 1.29 is 14.7 Å². The smallest absolute Gasteiger partial charge is 0.303 e. The van der Waals surface area contributed by atoms with Gasteiger partial charge in [-0.2, -0.15) is 0 Å². The maximum atomic E-state index is 12.3. The number of aliphatic carboxylic acids is 1. The molecule has 21 heavy (non-hydrogen) atoms. The van der Waals surface area contributed by atoms with Gasteiger partial charge in [0.2, 0.25) is 5.91 Å². The van der Waals surface area contributed by atoms with E-state index >= 15 is 0 Å². The van der Waals surface area contributed by atoms with E-state index in [2.05, 4.69) is 18.1 Å². The Morgan fingerprint density at radius 3 is 2.48 bits per heavy atom. The Kier molecular flexibility index (Phi) is 7.75. The minimum absolute atomic E-state index is 0.0528. The first-order valence-electron chi connectivity index (χ1n) is 7.54.